The molecule has 4 nitrogen and oxygen atoms in total. The van der Waals surface area contributed by atoms with Crippen LogP contribution >= 0.6 is 0 Å². The Bertz CT molecular complexity index is 611. The number of phenolic OH excluding ortho intramolecular Hbond substituents is 1. The predicted molar refractivity (Wildman–Crippen MR) is 82.9 cm³/mol. The van der Waals surface area contributed by atoms with E-state index < -0.39 is 0 Å². The fourth-order valence-electron chi connectivity index (χ4n) is 2.19. The summed E-state index contributed by atoms with van der Waals surface area (Å²) in [6, 6.07) is 11.3. The minimum Gasteiger partial charge on any atom is -0.508 e. The highest BCUT2D eigenvalue weighted by Gasteiger charge is 2.06. The second-order valence-electron chi connectivity index (χ2n) is 4.91. The normalized spacial score (nSPS) is 10.4. The zero-order valence-electron chi connectivity index (χ0n) is 12.6. The maximum atomic E-state index is 9.82. The summed E-state index contributed by atoms with van der Waals surface area (Å²) in [7, 11) is 3.28. The number of aromatic hydroxyl groups is 1. The van der Waals surface area contributed by atoms with Crippen LogP contribution in [0.4, 0.5) is 0 Å². The Hall–Kier alpha value is -2.20. The molecule has 2 aromatic carbocycles. The van der Waals surface area contributed by atoms with Gasteiger partial charge in [-0.05, 0) is 19.1 Å². The molecule has 0 heterocycles. The van der Waals surface area contributed by atoms with Gasteiger partial charge in [-0.2, -0.15) is 0 Å². The average molecular weight is 287 g/mol. The third kappa shape index (κ3) is 3.89. The molecule has 0 aliphatic heterocycles. The largest absolute Gasteiger partial charge is 0.508 e. The van der Waals surface area contributed by atoms with Crippen molar-refractivity contribution < 1.29 is 14.6 Å². The summed E-state index contributed by atoms with van der Waals surface area (Å²) in [5.41, 5.74) is 3.07. The molecule has 0 aliphatic carbocycles. The van der Waals surface area contributed by atoms with Crippen LogP contribution in [0.2, 0.25) is 0 Å². The molecule has 112 valence electrons. The maximum absolute atomic E-state index is 9.82. The summed E-state index contributed by atoms with van der Waals surface area (Å²) < 4.78 is 10.5. The highest BCUT2D eigenvalue weighted by Crippen LogP contribution is 2.24. The van der Waals surface area contributed by atoms with Gasteiger partial charge in [0.2, 0.25) is 0 Å². The molecule has 0 aliphatic rings. The lowest BCUT2D eigenvalue weighted by molar-refractivity contribution is 0.389. The lowest BCUT2D eigenvalue weighted by atomic mass is 10.1. The van der Waals surface area contributed by atoms with Crippen molar-refractivity contribution in [2.75, 3.05) is 14.2 Å². The van der Waals surface area contributed by atoms with Gasteiger partial charge in [0.05, 0.1) is 14.2 Å². The molecule has 2 rings (SSSR count). The van der Waals surface area contributed by atoms with Crippen LogP contribution in [0.15, 0.2) is 36.4 Å². The predicted octanol–water partition coefficient (Wildman–Crippen LogP) is 3.01. The molecule has 0 spiro atoms. The smallest absolute Gasteiger partial charge is 0.127 e. The summed E-state index contributed by atoms with van der Waals surface area (Å²) in [5, 5.41) is 13.1. The molecular weight excluding hydrogens is 266 g/mol. The van der Waals surface area contributed by atoms with E-state index in [1.165, 1.54) is 0 Å². The lowest BCUT2D eigenvalue weighted by Gasteiger charge is -2.12. The van der Waals surface area contributed by atoms with Gasteiger partial charge in [-0.3, -0.25) is 0 Å². The molecule has 0 atom stereocenters. The number of hydrogen-bond donors (Lipinski definition) is 2. The molecule has 0 fully saturated rings. The van der Waals surface area contributed by atoms with Crippen LogP contribution < -0.4 is 14.8 Å². The Morgan fingerprint density at radius 1 is 0.952 bits per heavy atom. The van der Waals surface area contributed by atoms with Gasteiger partial charge >= 0.3 is 0 Å². The summed E-state index contributed by atoms with van der Waals surface area (Å²) >= 11 is 0. The van der Waals surface area contributed by atoms with Crippen molar-refractivity contribution in [2.24, 2.45) is 0 Å². The van der Waals surface area contributed by atoms with E-state index in [0.29, 0.717) is 18.8 Å². The van der Waals surface area contributed by atoms with Crippen molar-refractivity contribution in [3.63, 3.8) is 0 Å². The minimum atomic E-state index is 0.315. The van der Waals surface area contributed by atoms with Crippen molar-refractivity contribution in [3.05, 3.63) is 53.1 Å². The summed E-state index contributed by atoms with van der Waals surface area (Å²) in [4.78, 5) is 0. The number of rotatable bonds is 6. The first-order chi connectivity index (χ1) is 10.1. The van der Waals surface area contributed by atoms with Crippen molar-refractivity contribution in [1.82, 2.24) is 5.32 Å². The van der Waals surface area contributed by atoms with Gasteiger partial charge in [0, 0.05) is 30.3 Å². The fourth-order valence-corrected chi connectivity index (χ4v) is 2.19. The van der Waals surface area contributed by atoms with Crippen LogP contribution in [-0.2, 0) is 13.1 Å². The van der Waals surface area contributed by atoms with Crippen molar-refractivity contribution in [3.8, 4) is 17.2 Å². The van der Waals surface area contributed by atoms with Gasteiger partial charge in [0.25, 0.3) is 0 Å². The molecule has 0 saturated heterocycles. The molecule has 2 aromatic rings. The molecule has 0 unspecified atom stereocenters. The summed E-state index contributed by atoms with van der Waals surface area (Å²) in [5.74, 6) is 1.87. The Kier molecular flexibility index (Phi) is 5.06. The number of aryl methyl sites for hydroxylation is 1. The van der Waals surface area contributed by atoms with E-state index in [1.54, 1.807) is 20.3 Å². The molecule has 2 N–H and O–H groups in total. The van der Waals surface area contributed by atoms with Crippen LogP contribution in [0.25, 0.3) is 0 Å². The van der Waals surface area contributed by atoms with Crippen LogP contribution in [0.1, 0.15) is 16.7 Å². The average Bonchev–Trinajstić information content (AvgIpc) is 2.50. The first kappa shape index (κ1) is 15.2. The molecule has 0 bridgehead atoms. The van der Waals surface area contributed by atoms with E-state index in [4.69, 9.17) is 9.47 Å². The number of hydrogen-bond acceptors (Lipinski definition) is 4. The molecule has 0 saturated carbocycles. The van der Waals surface area contributed by atoms with Gasteiger partial charge < -0.3 is 19.9 Å². The first-order valence-corrected chi connectivity index (χ1v) is 6.84. The van der Waals surface area contributed by atoms with Crippen LogP contribution in [0.5, 0.6) is 17.2 Å². The van der Waals surface area contributed by atoms with E-state index >= 15 is 0 Å². The van der Waals surface area contributed by atoms with Gasteiger partial charge in [-0.25, -0.2) is 0 Å². The van der Waals surface area contributed by atoms with Gasteiger partial charge in [0.15, 0.2) is 0 Å². The maximum Gasteiger partial charge on any atom is 0.127 e. The fraction of sp³-hybridized carbons (Fsp3) is 0.294. The Morgan fingerprint density at radius 3 is 2.43 bits per heavy atom. The van der Waals surface area contributed by atoms with Crippen molar-refractivity contribution >= 4 is 0 Å². The topological polar surface area (TPSA) is 50.7 Å². The van der Waals surface area contributed by atoms with Crippen LogP contribution in [0.3, 0.4) is 0 Å². The molecule has 0 radical (unpaired) electrons. The third-order valence-corrected chi connectivity index (χ3v) is 3.36. The van der Waals surface area contributed by atoms with Gasteiger partial charge in [-0.15, -0.1) is 0 Å². The number of benzene rings is 2. The Balaban J connectivity index is 2.01. The molecule has 0 amide bonds. The number of nitrogens with one attached hydrogen (secondary N) is 1. The zero-order chi connectivity index (χ0) is 15.2. The number of phenols is 1. The monoisotopic (exact) mass is 287 g/mol. The van der Waals surface area contributed by atoms with E-state index in [0.717, 1.165) is 28.2 Å². The quantitative estimate of drug-likeness (QED) is 0.857. The Morgan fingerprint density at radius 2 is 1.71 bits per heavy atom. The standard InChI is InChI=1S/C17H21NO3/c1-12-4-7-16(19)14(8-12)11-18-10-13-5-6-15(20-2)9-17(13)21-3/h4-9,18-19H,10-11H2,1-3H3. The Labute approximate surface area is 125 Å². The van der Waals surface area contributed by atoms with E-state index in [1.807, 2.05) is 37.3 Å². The highest BCUT2D eigenvalue weighted by molar-refractivity contribution is 5.41. The second-order valence-corrected chi connectivity index (χ2v) is 4.91. The van der Waals surface area contributed by atoms with Gasteiger partial charge in [-0.1, -0.05) is 23.8 Å². The summed E-state index contributed by atoms with van der Waals surface area (Å²) in [6.45, 7) is 3.26. The van der Waals surface area contributed by atoms with Crippen LogP contribution in [0, 0.1) is 6.92 Å². The SMILES string of the molecule is COc1ccc(CNCc2cc(C)ccc2O)c(OC)c1. The number of ether oxygens (including phenoxy) is 2. The molecule has 4 heteroatoms. The molecule has 0 aromatic heterocycles. The first-order valence-electron chi connectivity index (χ1n) is 6.84. The lowest BCUT2D eigenvalue weighted by Crippen LogP contribution is -2.13. The second kappa shape index (κ2) is 6.99. The van der Waals surface area contributed by atoms with Crippen LogP contribution in [-0.4, -0.2) is 19.3 Å². The van der Waals surface area contributed by atoms with Gasteiger partial charge in [0.1, 0.15) is 17.2 Å². The highest BCUT2D eigenvalue weighted by atomic mass is 16.5. The summed E-state index contributed by atoms with van der Waals surface area (Å²) in [6.07, 6.45) is 0. The van der Waals surface area contributed by atoms with E-state index in [-0.39, 0.29) is 0 Å². The third-order valence-electron chi connectivity index (χ3n) is 3.36. The minimum absolute atomic E-state index is 0.315. The zero-order valence-corrected chi connectivity index (χ0v) is 12.6. The molecule has 21 heavy (non-hydrogen) atoms. The number of methoxy groups -OCH3 is 2. The van der Waals surface area contributed by atoms with Crippen molar-refractivity contribution in [2.45, 2.75) is 20.0 Å². The molecular formula is C17H21NO3. The van der Waals surface area contributed by atoms with Crippen molar-refractivity contribution in [1.29, 1.82) is 0 Å². The van der Waals surface area contributed by atoms with E-state index in [2.05, 4.69) is 5.32 Å². The van der Waals surface area contributed by atoms with E-state index in [9.17, 15) is 5.11 Å².